The normalized spacial score (nSPS) is 10.2. The number of benzene rings is 1. The van der Waals surface area contributed by atoms with Gasteiger partial charge in [0.15, 0.2) is 0 Å². The molecular weight excluding hydrogens is 295 g/mol. The summed E-state index contributed by atoms with van der Waals surface area (Å²) in [5.74, 6) is -0.352. The first-order chi connectivity index (χ1) is 8.56. The minimum Gasteiger partial charge on any atom is -0.321 e. The SMILES string of the molecule is O=C(Nc1ccccc1Cl)c1cc(Cl)nc(Cl)c1. The van der Waals surface area contributed by atoms with E-state index in [0.29, 0.717) is 16.3 Å². The molecule has 18 heavy (non-hydrogen) atoms. The number of amides is 1. The number of hydrogen-bond donors (Lipinski definition) is 1. The topological polar surface area (TPSA) is 42.0 Å². The Bertz CT molecular complexity index is 581. The molecule has 1 amide bonds. The van der Waals surface area contributed by atoms with Gasteiger partial charge in [0.25, 0.3) is 5.91 Å². The minimum atomic E-state index is -0.352. The smallest absolute Gasteiger partial charge is 0.255 e. The van der Waals surface area contributed by atoms with E-state index in [-0.39, 0.29) is 16.2 Å². The second-order valence-corrected chi connectivity index (χ2v) is 4.62. The van der Waals surface area contributed by atoms with E-state index < -0.39 is 0 Å². The van der Waals surface area contributed by atoms with Crippen LogP contribution in [-0.2, 0) is 0 Å². The van der Waals surface area contributed by atoms with Gasteiger partial charge in [-0.1, -0.05) is 46.9 Å². The van der Waals surface area contributed by atoms with Gasteiger partial charge in [-0.05, 0) is 24.3 Å². The van der Waals surface area contributed by atoms with Gasteiger partial charge in [-0.2, -0.15) is 0 Å². The third-order valence-electron chi connectivity index (χ3n) is 2.15. The molecule has 0 aliphatic carbocycles. The predicted octanol–water partition coefficient (Wildman–Crippen LogP) is 4.29. The standard InChI is InChI=1S/C12H7Cl3N2O/c13-8-3-1-2-4-9(8)16-12(18)7-5-10(14)17-11(15)6-7/h1-6H,(H,16,18). The van der Waals surface area contributed by atoms with Crippen LogP contribution in [-0.4, -0.2) is 10.9 Å². The molecular formula is C12H7Cl3N2O. The molecule has 0 saturated carbocycles. The molecule has 0 radical (unpaired) electrons. The summed E-state index contributed by atoms with van der Waals surface area (Å²) in [4.78, 5) is 15.7. The average molecular weight is 302 g/mol. The summed E-state index contributed by atoms with van der Waals surface area (Å²) in [5.41, 5.74) is 0.841. The summed E-state index contributed by atoms with van der Waals surface area (Å²) in [6, 6.07) is 9.79. The Kier molecular flexibility index (Phi) is 4.07. The summed E-state index contributed by atoms with van der Waals surface area (Å²) in [5, 5.41) is 3.44. The maximum Gasteiger partial charge on any atom is 0.255 e. The first-order valence-electron chi connectivity index (χ1n) is 4.95. The van der Waals surface area contributed by atoms with E-state index in [1.54, 1.807) is 24.3 Å². The summed E-state index contributed by atoms with van der Waals surface area (Å²) in [7, 11) is 0. The van der Waals surface area contributed by atoms with Crippen LogP contribution in [0.2, 0.25) is 15.3 Å². The molecule has 0 fully saturated rings. The van der Waals surface area contributed by atoms with Crippen LogP contribution >= 0.6 is 34.8 Å². The molecule has 1 aromatic heterocycles. The van der Waals surface area contributed by atoms with Crippen molar-refractivity contribution in [1.82, 2.24) is 4.98 Å². The Morgan fingerprint density at radius 3 is 2.28 bits per heavy atom. The van der Waals surface area contributed by atoms with Crippen molar-refractivity contribution < 1.29 is 4.79 Å². The summed E-state index contributed by atoms with van der Waals surface area (Å²) < 4.78 is 0. The number of nitrogens with one attached hydrogen (secondary N) is 1. The van der Waals surface area contributed by atoms with E-state index in [4.69, 9.17) is 34.8 Å². The highest BCUT2D eigenvalue weighted by atomic mass is 35.5. The number of para-hydroxylation sites is 1. The lowest BCUT2D eigenvalue weighted by atomic mass is 10.2. The zero-order valence-electron chi connectivity index (χ0n) is 8.95. The van der Waals surface area contributed by atoms with Crippen LogP contribution in [0.5, 0.6) is 0 Å². The van der Waals surface area contributed by atoms with Gasteiger partial charge in [0.1, 0.15) is 10.3 Å². The van der Waals surface area contributed by atoms with Gasteiger partial charge in [-0.25, -0.2) is 4.98 Å². The Morgan fingerprint density at radius 1 is 1.06 bits per heavy atom. The molecule has 2 aromatic rings. The minimum absolute atomic E-state index is 0.159. The van der Waals surface area contributed by atoms with Crippen molar-refractivity contribution in [3.63, 3.8) is 0 Å². The monoisotopic (exact) mass is 300 g/mol. The number of halogens is 3. The molecule has 6 heteroatoms. The van der Waals surface area contributed by atoms with Crippen LogP contribution in [0.25, 0.3) is 0 Å². The van der Waals surface area contributed by atoms with Crippen molar-refractivity contribution in [3.05, 3.63) is 57.3 Å². The van der Waals surface area contributed by atoms with E-state index in [2.05, 4.69) is 10.3 Å². The van der Waals surface area contributed by atoms with Crippen LogP contribution in [0.1, 0.15) is 10.4 Å². The zero-order chi connectivity index (χ0) is 13.1. The van der Waals surface area contributed by atoms with Crippen LogP contribution in [0.3, 0.4) is 0 Å². The number of carbonyl (C=O) groups is 1. The van der Waals surface area contributed by atoms with Gasteiger partial charge in [-0.15, -0.1) is 0 Å². The molecule has 1 heterocycles. The van der Waals surface area contributed by atoms with Gasteiger partial charge in [0, 0.05) is 5.56 Å². The Hall–Kier alpha value is -1.29. The highest BCUT2D eigenvalue weighted by molar-refractivity contribution is 6.34. The van der Waals surface area contributed by atoms with E-state index in [0.717, 1.165) is 0 Å². The Labute approximate surface area is 119 Å². The van der Waals surface area contributed by atoms with Crippen LogP contribution in [0.15, 0.2) is 36.4 Å². The largest absolute Gasteiger partial charge is 0.321 e. The molecule has 0 saturated heterocycles. The van der Waals surface area contributed by atoms with Crippen LogP contribution in [0, 0.1) is 0 Å². The lowest BCUT2D eigenvalue weighted by Gasteiger charge is -2.07. The highest BCUT2D eigenvalue weighted by Crippen LogP contribution is 2.22. The van der Waals surface area contributed by atoms with E-state index in [1.165, 1.54) is 12.1 Å². The summed E-state index contributed by atoms with van der Waals surface area (Å²) >= 11 is 17.4. The summed E-state index contributed by atoms with van der Waals surface area (Å²) in [6.07, 6.45) is 0. The third-order valence-corrected chi connectivity index (χ3v) is 2.86. The summed E-state index contributed by atoms with van der Waals surface area (Å²) in [6.45, 7) is 0. The van der Waals surface area contributed by atoms with Crippen molar-refractivity contribution in [2.45, 2.75) is 0 Å². The molecule has 92 valence electrons. The number of nitrogens with zero attached hydrogens (tertiary/aromatic N) is 1. The molecule has 0 atom stereocenters. The molecule has 0 aliphatic rings. The van der Waals surface area contributed by atoms with Crippen molar-refractivity contribution in [1.29, 1.82) is 0 Å². The first-order valence-corrected chi connectivity index (χ1v) is 6.08. The van der Waals surface area contributed by atoms with Gasteiger partial charge >= 0.3 is 0 Å². The average Bonchev–Trinajstić information content (AvgIpc) is 2.31. The second-order valence-electron chi connectivity index (χ2n) is 3.44. The Morgan fingerprint density at radius 2 is 1.67 bits per heavy atom. The molecule has 1 N–H and O–H groups in total. The van der Waals surface area contributed by atoms with Gasteiger partial charge in [-0.3, -0.25) is 4.79 Å². The number of hydrogen-bond acceptors (Lipinski definition) is 2. The number of rotatable bonds is 2. The first kappa shape index (κ1) is 13.1. The van der Waals surface area contributed by atoms with Gasteiger partial charge < -0.3 is 5.32 Å². The zero-order valence-corrected chi connectivity index (χ0v) is 11.2. The Balaban J connectivity index is 2.25. The van der Waals surface area contributed by atoms with Crippen molar-refractivity contribution in [2.75, 3.05) is 5.32 Å². The number of carbonyl (C=O) groups excluding carboxylic acids is 1. The molecule has 3 nitrogen and oxygen atoms in total. The van der Waals surface area contributed by atoms with Crippen molar-refractivity contribution >= 4 is 46.4 Å². The maximum absolute atomic E-state index is 12.0. The van der Waals surface area contributed by atoms with Gasteiger partial charge in [0.05, 0.1) is 10.7 Å². The number of anilines is 1. The molecule has 2 rings (SSSR count). The van der Waals surface area contributed by atoms with Gasteiger partial charge in [0.2, 0.25) is 0 Å². The molecule has 0 unspecified atom stereocenters. The van der Waals surface area contributed by atoms with E-state index in [9.17, 15) is 4.79 Å². The fraction of sp³-hybridized carbons (Fsp3) is 0. The number of pyridine rings is 1. The third kappa shape index (κ3) is 3.13. The predicted molar refractivity (Wildman–Crippen MR) is 73.7 cm³/mol. The quantitative estimate of drug-likeness (QED) is 0.841. The highest BCUT2D eigenvalue weighted by Gasteiger charge is 2.10. The van der Waals surface area contributed by atoms with Crippen molar-refractivity contribution in [2.24, 2.45) is 0 Å². The lowest BCUT2D eigenvalue weighted by Crippen LogP contribution is -2.12. The second kappa shape index (κ2) is 5.57. The number of aromatic nitrogens is 1. The van der Waals surface area contributed by atoms with Crippen molar-refractivity contribution in [3.8, 4) is 0 Å². The van der Waals surface area contributed by atoms with E-state index in [1.807, 2.05) is 0 Å². The fourth-order valence-corrected chi connectivity index (χ4v) is 2.00. The maximum atomic E-state index is 12.0. The molecule has 0 spiro atoms. The lowest BCUT2D eigenvalue weighted by molar-refractivity contribution is 0.102. The molecule has 0 aliphatic heterocycles. The van der Waals surface area contributed by atoms with E-state index >= 15 is 0 Å². The molecule has 0 bridgehead atoms. The molecule has 1 aromatic carbocycles. The fourth-order valence-electron chi connectivity index (χ4n) is 1.35. The van der Waals surface area contributed by atoms with Crippen LogP contribution < -0.4 is 5.32 Å². The van der Waals surface area contributed by atoms with Crippen LogP contribution in [0.4, 0.5) is 5.69 Å².